The first kappa shape index (κ1) is 41.1. The lowest BCUT2D eigenvalue weighted by molar-refractivity contribution is -0.147. The van der Waals surface area contributed by atoms with Gasteiger partial charge in [-0.2, -0.15) is 0 Å². The van der Waals surface area contributed by atoms with Crippen LogP contribution in [0.25, 0.3) is 0 Å². The molecule has 2 aromatic rings. The topological polar surface area (TPSA) is 257 Å². The molecular formula is C30H42N4O16. The summed E-state index contributed by atoms with van der Waals surface area (Å²) >= 11 is 0. The maximum absolute atomic E-state index is 11.7. The van der Waals surface area contributed by atoms with Gasteiger partial charge >= 0.3 is 11.9 Å². The third kappa shape index (κ3) is 18.5. The molecule has 0 saturated heterocycles. The van der Waals surface area contributed by atoms with Crippen LogP contribution in [0.5, 0.6) is 23.5 Å². The fourth-order valence-corrected chi connectivity index (χ4v) is 3.36. The number of amides is 2. The first-order valence-corrected chi connectivity index (χ1v) is 15.3. The lowest BCUT2D eigenvalue weighted by Gasteiger charge is -2.08. The summed E-state index contributed by atoms with van der Waals surface area (Å²) in [5, 5.41) is 42.6. The quantitative estimate of drug-likeness (QED) is 0.0448. The minimum absolute atomic E-state index is 0.0564. The van der Waals surface area contributed by atoms with E-state index >= 15 is 0 Å². The lowest BCUT2D eigenvalue weighted by atomic mass is 10.5. The van der Waals surface area contributed by atoms with E-state index in [9.17, 15) is 39.6 Å². The highest BCUT2D eigenvalue weighted by molar-refractivity contribution is 6.02. The molecule has 0 aliphatic carbocycles. The number of nitrogens with zero attached hydrogens (tertiary/aromatic N) is 2. The van der Waals surface area contributed by atoms with Crippen molar-refractivity contribution in [3.05, 3.63) is 24.3 Å². The first-order chi connectivity index (χ1) is 24.2. The van der Waals surface area contributed by atoms with Crippen LogP contribution in [0.2, 0.25) is 0 Å². The van der Waals surface area contributed by atoms with Crippen LogP contribution in [0.1, 0.15) is 12.8 Å². The molecule has 50 heavy (non-hydrogen) atoms. The van der Waals surface area contributed by atoms with Gasteiger partial charge in [-0.1, -0.05) is 0 Å². The van der Waals surface area contributed by atoms with Crippen LogP contribution in [0.3, 0.4) is 0 Å². The van der Waals surface area contributed by atoms with Crippen LogP contribution in [-0.2, 0) is 47.6 Å². The van der Waals surface area contributed by atoms with Crippen LogP contribution in [-0.4, -0.2) is 146 Å². The summed E-state index contributed by atoms with van der Waals surface area (Å²) in [4.78, 5) is 56.3. The first-order valence-electron chi connectivity index (χ1n) is 15.3. The second kappa shape index (κ2) is 25.0. The third-order valence-corrected chi connectivity index (χ3v) is 5.72. The van der Waals surface area contributed by atoms with Gasteiger partial charge in [-0.25, -0.2) is 9.59 Å². The number of nitrogens with one attached hydrogen (secondary N) is 2. The Bertz CT molecular complexity index is 1240. The van der Waals surface area contributed by atoms with Crippen molar-refractivity contribution in [2.75, 3.05) is 92.4 Å². The highest BCUT2D eigenvalue weighted by Gasteiger charge is 2.13. The average molecular weight is 715 g/mol. The van der Waals surface area contributed by atoms with E-state index in [0.717, 1.165) is 0 Å². The summed E-state index contributed by atoms with van der Waals surface area (Å²) in [5.74, 6) is 0.00354. The van der Waals surface area contributed by atoms with Crippen LogP contribution >= 0.6 is 0 Å². The van der Waals surface area contributed by atoms with Crippen LogP contribution < -0.4 is 20.3 Å². The smallest absolute Gasteiger partial charge is 0.335 e. The fourth-order valence-electron chi connectivity index (χ4n) is 3.36. The average Bonchev–Trinajstić information content (AvgIpc) is 3.58. The molecule has 0 spiro atoms. The Morgan fingerprint density at radius 1 is 0.480 bits per heavy atom. The molecule has 0 fully saturated rings. The molecule has 0 aliphatic heterocycles. The number of hydrogen-bond donors (Lipinski definition) is 6. The van der Waals surface area contributed by atoms with Crippen molar-refractivity contribution in [3.63, 3.8) is 0 Å². The standard InChI is InChI=1S/C30H42N4O16/c35-23(31-9-13-45-17-21-47-19-15-43-11-7-29(41)49-33-25(37)3-4-26(33)38)1-2-24(36)32-10-14-46-18-22-48-20-16-44-12-8-30(42)50-34-27(39)5-6-28(34)40/h3-6,37-40H,7-22H2,(H,31,35)(H,32,36). The zero-order chi connectivity index (χ0) is 36.4. The van der Waals surface area contributed by atoms with Crippen molar-refractivity contribution >= 4 is 23.8 Å². The summed E-state index contributed by atoms with van der Waals surface area (Å²) in [6.45, 7) is 2.90. The molecular weight excluding hydrogens is 672 g/mol. The summed E-state index contributed by atoms with van der Waals surface area (Å²) in [7, 11) is 0. The van der Waals surface area contributed by atoms with E-state index < -0.39 is 47.3 Å². The maximum atomic E-state index is 11.7. The Hall–Kier alpha value is -5.04. The fraction of sp³-hybridized carbons (Fsp3) is 0.533. The second-order valence-electron chi connectivity index (χ2n) is 9.55. The molecule has 2 rings (SSSR count). The Morgan fingerprint density at radius 3 is 1.08 bits per heavy atom. The van der Waals surface area contributed by atoms with Gasteiger partial charge in [0.15, 0.2) is 0 Å². The van der Waals surface area contributed by atoms with Crippen molar-refractivity contribution in [1.29, 1.82) is 0 Å². The SMILES string of the molecule is O=C(C#CC(=O)NCCOCCOCCOCCC(=O)On1c(O)ccc1O)NCCOCCOCCOCCC(=O)On1c(O)ccc1O. The molecule has 2 amide bonds. The summed E-state index contributed by atoms with van der Waals surface area (Å²) in [5.41, 5.74) is 0. The molecule has 2 aromatic heterocycles. The second-order valence-corrected chi connectivity index (χ2v) is 9.55. The molecule has 2 heterocycles. The lowest BCUT2D eigenvalue weighted by Crippen LogP contribution is -2.28. The number of rotatable bonds is 26. The molecule has 0 aromatic carbocycles. The highest BCUT2D eigenvalue weighted by Crippen LogP contribution is 2.19. The van der Waals surface area contributed by atoms with Crippen molar-refractivity contribution < 1.29 is 77.7 Å². The number of aromatic hydroxyl groups is 4. The zero-order valence-electron chi connectivity index (χ0n) is 27.2. The molecule has 0 saturated carbocycles. The van der Waals surface area contributed by atoms with Gasteiger partial charge in [0.2, 0.25) is 23.5 Å². The van der Waals surface area contributed by atoms with Gasteiger partial charge in [-0.15, -0.1) is 9.46 Å². The molecule has 20 heteroatoms. The van der Waals surface area contributed by atoms with E-state index in [1.807, 2.05) is 0 Å². The monoisotopic (exact) mass is 714 g/mol. The molecule has 0 bridgehead atoms. The number of aromatic nitrogens is 2. The predicted octanol–water partition coefficient (Wildman–Crippen LogP) is -2.16. The molecule has 0 aliphatic rings. The number of carbonyl (C=O) groups excluding carboxylic acids is 4. The van der Waals surface area contributed by atoms with E-state index in [-0.39, 0.29) is 105 Å². The summed E-state index contributed by atoms with van der Waals surface area (Å²) in [6, 6.07) is 4.68. The third-order valence-electron chi connectivity index (χ3n) is 5.72. The largest absolute Gasteiger partial charge is 0.492 e. The van der Waals surface area contributed by atoms with E-state index in [0.29, 0.717) is 9.46 Å². The maximum Gasteiger partial charge on any atom is 0.335 e. The zero-order valence-corrected chi connectivity index (χ0v) is 27.2. The van der Waals surface area contributed by atoms with Gasteiger partial charge in [0, 0.05) is 49.2 Å². The van der Waals surface area contributed by atoms with Gasteiger partial charge in [0.1, 0.15) is 0 Å². The Labute approximate surface area is 286 Å². The predicted molar refractivity (Wildman–Crippen MR) is 167 cm³/mol. The minimum atomic E-state index is -0.705. The molecule has 20 nitrogen and oxygen atoms in total. The van der Waals surface area contributed by atoms with Gasteiger partial charge < -0.3 is 69.2 Å². The number of hydrogen-bond acceptors (Lipinski definition) is 16. The van der Waals surface area contributed by atoms with Gasteiger partial charge in [-0.05, 0) is 0 Å². The normalized spacial score (nSPS) is 10.6. The Kier molecular flexibility index (Phi) is 20.6. The number of carbonyl (C=O) groups is 4. The summed E-state index contributed by atoms with van der Waals surface area (Å²) in [6.07, 6.45) is -0.198. The van der Waals surface area contributed by atoms with Crippen LogP contribution in [0.4, 0.5) is 0 Å². The highest BCUT2D eigenvalue weighted by atomic mass is 16.7. The molecule has 278 valence electrons. The van der Waals surface area contributed by atoms with Crippen molar-refractivity contribution in [1.82, 2.24) is 20.1 Å². The van der Waals surface area contributed by atoms with E-state index in [4.69, 9.17) is 38.1 Å². The van der Waals surface area contributed by atoms with Crippen molar-refractivity contribution in [2.45, 2.75) is 12.8 Å². The van der Waals surface area contributed by atoms with E-state index in [2.05, 4.69) is 22.5 Å². The van der Waals surface area contributed by atoms with Crippen molar-refractivity contribution in [3.8, 4) is 35.4 Å². The van der Waals surface area contributed by atoms with Gasteiger partial charge in [0.05, 0.1) is 92.1 Å². The molecule has 0 radical (unpaired) electrons. The van der Waals surface area contributed by atoms with Gasteiger partial charge in [-0.3, -0.25) is 9.59 Å². The van der Waals surface area contributed by atoms with Crippen molar-refractivity contribution in [2.24, 2.45) is 0 Å². The van der Waals surface area contributed by atoms with Crippen LogP contribution in [0, 0.1) is 11.8 Å². The van der Waals surface area contributed by atoms with Crippen LogP contribution in [0.15, 0.2) is 24.3 Å². The Balaban J connectivity index is 1.30. The molecule has 6 N–H and O–H groups in total. The van der Waals surface area contributed by atoms with E-state index in [1.165, 1.54) is 24.3 Å². The molecule has 0 atom stereocenters. The minimum Gasteiger partial charge on any atom is -0.492 e. The van der Waals surface area contributed by atoms with Gasteiger partial charge in [0.25, 0.3) is 11.8 Å². The Morgan fingerprint density at radius 2 is 0.760 bits per heavy atom. The number of ether oxygens (including phenoxy) is 6. The summed E-state index contributed by atoms with van der Waals surface area (Å²) < 4.78 is 33.0. The van der Waals surface area contributed by atoms with E-state index in [1.54, 1.807) is 0 Å². The molecule has 0 unspecified atom stereocenters.